The molecule has 0 fully saturated rings. The van der Waals surface area contributed by atoms with Gasteiger partial charge in [-0.1, -0.05) is 32.0 Å². The minimum atomic E-state index is -0.0907. The highest BCUT2D eigenvalue weighted by molar-refractivity contribution is 6.05. The first-order chi connectivity index (χ1) is 11.5. The quantitative estimate of drug-likeness (QED) is 0.777. The van der Waals surface area contributed by atoms with Crippen LogP contribution in [0.1, 0.15) is 46.7 Å². The lowest BCUT2D eigenvalue weighted by atomic mass is 10.1. The number of para-hydroxylation sites is 1. The molecule has 0 aliphatic carbocycles. The third-order valence-electron chi connectivity index (χ3n) is 4.53. The molecule has 3 rings (SSSR count). The number of nitrogens with zero attached hydrogens (tertiary/aromatic N) is 2. The van der Waals surface area contributed by atoms with E-state index in [1.807, 2.05) is 48.7 Å². The Labute approximate surface area is 142 Å². The normalized spacial score (nSPS) is 11.0. The maximum atomic E-state index is 12.7. The van der Waals surface area contributed by atoms with Crippen LogP contribution in [0.15, 0.2) is 36.5 Å². The van der Waals surface area contributed by atoms with E-state index in [1.165, 1.54) is 0 Å². The van der Waals surface area contributed by atoms with Crippen molar-refractivity contribution in [2.45, 2.75) is 40.5 Å². The van der Waals surface area contributed by atoms with E-state index < -0.39 is 0 Å². The summed E-state index contributed by atoms with van der Waals surface area (Å²) < 4.78 is 1.99. The Morgan fingerprint density at radius 2 is 1.92 bits per heavy atom. The number of nitrogens with one attached hydrogen (secondary N) is 1. The number of anilines is 1. The molecule has 0 saturated heterocycles. The van der Waals surface area contributed by atoms with E-state index in [0.29, 0.717) is 5.56 Å². The lowest BCUT2D eigenvalue weighted by molar-refractivity contribution is 0.102. The van der Waals surface area contributed by atoms with Crippen LogP contribution in [0, 0.1) is 13.8 Å². The van der Waals surface area contributed by atoms with Gasteiger partial charge in [0.2, 0.25) is 0 Å². The Bertz CT molecular complexity index is 909. The first-order valence-electron chi connectivity index (χ1n) is 8.42. The minimum Gasteiger partial charge on any atom is -0.321 e. The molecule has 0 unspecified atom stereocenters. The first-order valence-corrected chi connectivity index (χ1v) is 8.42. The molecule has 0 radical (unpaired) electrons. The minimum absolute atomic E-state index is 0.0907. The maximum absolute atomic E-state index is 12.7. The second kappa shape index (κ2) is 6.48. The van der Waals surface area contributed by atoms with Gasteiger partial charge in [-0.3, -0.25) is 4.79 Å². The van der Waals surface area contributed by atoms with Crippen molar-refractivity contribution in [1.82, 2.24) is 9.38 Å². The number of carbonyl (C=O) groups excluding carboxylic acids is 1. The van der Waals surface area contributed by atoms with Gasteiger partial charge in [-0.05, 0) is 49.9 Å². The lowest BCUT2D eigenvalue weighted by Gasteiger charge is -2.13. The molecule has 1 aromatic carbocycles. The Morgan fingerprint density at radius 1 is 1.12 bits per heavy atom. The lowest BCUT2D eigenvalue weighted by Crippen LogP contribution is -2.15. The van der Waals surface area contributed by atoms with E-state index >= 15 is 0 Å². The Morgan fingerprint density at radius 3 is 2.62 bits per heavy atom. The van der Waals surface area contributed by atoms with Crippen molar-refractivity contribution < 1.29 is 4.79 Å². The highest BCUT2D eigenvalue weighted by atomic mass is 16.1. The van der Waals surface area contributed by atoms with Crippen LogP contribution < -0.4 is 5.32 Å². The molecule has 3 aromatic rings. The predicted octanol–water partition coefficient (Wildman–Crippen LogP) is 4.33. The zero-order chi connectivity index (χ0) is 17.3. The number of rotatable bonds is 4. The van der Waals surface area contributed by atoms with E-state index in [0.717, 1.165) is 46.7 Å². The average molecular weight is 321 g/mol. The summed E-state index contributed by atoms with van der Waals surface area (Å²) in [5.41, 5.74) is 6.82. The average Bonchev–Trinajstić information content (AvgIpc) is 2.92. The number of aromatic nitrogens is 2. The van der Waals surface area contributed by atoms with E-state index in [4.69, 9.17) is 0 Å². The Balaban J connectivity index is 1.96. The SMILES string of the molecule is CCc1cccc(C)c1NC(=O)c1ccc2nc(CC)c(C)n2c1. The summed E-state index contributed by atoms with van der Waals surface area (Å²) in [4.78, 5) is 17.3. The standard InChI is InChI=1S/C20H23N3O/c1-5-15-9-7-8-13(3)19(15)22-20(24)16-10-11-18-21-17(6-2)14(4)23(18)12-16/h7-12H,5-6H2,1-4H3,(H,22,24). The summed E-state index contributed by atoms with van der Waals surface area (Å²) in [6, 6.07) is 9.84. The second-order valence-corrected chi connectivity index (χ2v) is 6.06. The van der Waals surface area contributed by atoms with Crippen LogP contribution in [0.5, 0.6) is 0 Å². The fourth-order valence-electron chi connectivity index (χ4n) is 3.07. The molecule has 24 heavy (non-hydrogen) atoms. The molecule has 0 aliphatic rings. The molecule has 0 aliphatic heterocycles. The number of hydrogen-bond donors (Lipinski definition) is 1. The number of pyridine rings is 1. The van der Waals surface area contributed by atoms with E-state index in [2.05, 4.69) is 30.2 Å². The summed E-state index contributed by atoms with van der Waals surface area (Å²) in [5.74, 6) is -0.0907. The molecule has 0 saturated carbocycles. The first kappa shape index (κ1) is 16.2. The van der Waals surface area contributed by atoms with Gasteiger partial charge in [-0.25, -0.2) is 4.98 Å². The van der Waals surface area contributed by atoms with Gasteiger partial charge >= 0.3 is 0 Å². The van der Waals surface area contributed by atoms with Gasteiger partial charge in [0.05, 0.1) is 11.3 Å². The van der Waals surface area contributed by atoms with Crippen molar-refractivity contribution in [2.75, 3.05) is 5.32 Å². The van der Waals surface area contributed by atoms with Crippen molar-refractivity contribution in [3.63, 3.8) is 0 Å². The molecule has 1 N–H and O–H groups in total. The molecule has 124 valence electrons. The van der Waals surface area contributed by atoms with Crippen molar-refractivity contribution >= 4 is 17.2 Å². The highest BCUT2D eigenvalue weighted by Gasteiger charge is 2.13. The van der Waals surface area contributed by atoms with Crippen LogP contribution >= 0.6 is 0 Å². The molecular formula is C20H23N3O. The van der Waals surface area contributed by atoms with Gasteiger partial charge in [0.1, 0.15) is 5.65 Å². The van der Waals surface area contributed by atoms with Crippen LogP contribution in [0.4, 0.5) is 5.69 Å². The zero-order valence-electron chi connectivity index (χ0n) is 14.7. The number of carbonyl (C=O) groups is 1. The van der Waals surface area contributed by atoms with Crippen LogP contribution in [0.25, 0.3) is 5.65 Å². The summed E-state index contributed by atoms with van der Waals surface area (Å²) in [5, 5.41) is 3.08. The van der Waals surface area contributed by atoms with Gasteiger partial charge in [-0.15, -0.1) is 0 Å². The predicted molar refractivity (Wildman–Crippen MR) is 97.8 cm³/mol. The second-order valence-electron chi connectivity index (χ2n) is 6.06. The van der Waals surface area contributed by atoms with Gasteiger partial charge in [-0.2, -0.15) is 0 Å². The van der Waals surface area contributed by atoms with Gasteiger partial charge < -0.3 is 9.72 Å². The number of hydrogen-bond acceptors (Lipinski definition) is 2. The van der Waals surface area contributed by atoms with E-state index in [9.17, 15) is 4.79 Å². The smallest absolute Gasteiger partial charge is 0.257 e. The number of benzene rings is 1. The van der Waals surface area contributed by atoms with Crippen LogP contribution in [0.2, 0.25) is 0 Å². The molecule has 2 heterocycles. The molecule has 4 heteroatoms. The van der Waals surface area contributed by atoms with Gasteiger partial charge in [0, 0.05) is 17.6 Å². The van der Waals surface area contributed by atoms with Gasteiger partial charge in [0.25, 0.3) is 5.91 Å². The van der Waals surface area contributed by atoms with Crippen molar-refractivity contribution in [2.24, 2.45) is 0 Å². The zero-order valence-corrected chi connectivity index (χ0v) is 14.7. The Hall–Kier alpha value is -2.62. The third kappa shape index (κ3) is 2.80. The number of imidazole rings is 1. The third-order valence-corrected chi connectivity index (χ3v) is 4.53. The fraction of sp³-hybridized carbons (Fsp3) is 0.300. The molecule has 0 bridgehead atoms. The molecule has 2 aromatic heterocycles. The molecule has 1 amide bonds. The van der Waals surface area contributed by atoms with Gasteiger partial charge in [0.15, 0.2) is 0 Å². The summed E-state index contributed by atoms with van der Waals surface area (Å²) in [6.07, 6.45) is 3.64. The van der Waals surface area contributed by atoms with Crippen molar-refractivity contribution in [3.05, 3.63) is 64.6 Å². The highest BCUT2D eigenvalue weighted by Crippen LogP contribution is 2.22. The molecular weight excluding hydrogens is 298 g/mol. The van der Waals surface area contributed by atoms with Crippen LogP contribution in [-0.2, 0) is 12.8 Å². The number of amides is 1. The molecule has 0 spiro atoms. The monoisotopic (exact) mass is 321 g/mol. The molecule has 0 atom stereocenters. The van der Waals surface area contributed by atoms with Crippen LogP contribution in [-0.4, -0.2) is 15.3 Å². The maximum Gasteiger partial charge on any atom is 0.257 e. The number of fused-ring (bicyclic) bond motifs is 1. The summed E-state index contributed by atoms with van der Waals surface area (Å²) in [7, 11) is 0. The van der Waals surface area contributed by atoms with E-state index in [-0.39, 0.29) is 5.91 Å². The summed E-state index contributed by atoms with van der Waals surface area (Å²) in [6.45, 7) is 8.24. The van der Waals surface area contributed by atoms with Crippen molar-refractivity contribution in [1.29, 1.82) is 0 Å². The topological polar surface area (TPSA) is 46.4 Å². The Kier molecular flexibility index (Phi) is 4.38. The summed E-state index contributed by atoms with van der Waals surface area (Å²) >= 11 is 0. The fourth-order valence-corrected chi connectivity index (χ4v) is 3.07. The van der Waals surface area contributed by atoms with Crippen LogP contribution in [0.3, 0.4) is 0 Å². The number of aryl methyl sites for hydroxylation is 4. The largest absolute Gasteiger partial charge is 0.321 e. The van der Waals surface area contributed by atoms with E-state index in [1.54, 1.807) is 0 Å². The van der Waals surface area contributed by atoms with Crippen molar-refractivity contribution in [3.8, 4) is 0 Å². The molecule has 4 nitrogen and oxygen atoms in total.